The van der Waals surface area contributed by atoms with Crippen LogP contribution in [0, 0.1) is 10.8 Å². The first-order valence-electron chi connectivity index (χ1n) is 8.83. The van der Waals surface area contributed by atoms with Crippen molar-refractivity contribution < 1.29 is 14.3 Å². The van der Waals surface area contributed by atoms with Crippen molar-refractivity contribution in [3.63, 3.8) is 0 Å². The summed E-state index contributed by atoms with van der Waals surface area (Å²) in [5.41, 5.74) is 1.12. The van der Waals surface area contributed by atoms with Crippen LogP contribution in [0.4, 0.5) is 0 Å². The largest absolute Gasteiger partial charge is 0.460 e. The van der Waals surface area contributed by atoms with E-state index in [0.29, 0.717) is 6.61 Å². The Morgan fingerprint density at radius 3 is 1.62 bits per heavy atom. The fourth-order valence-electron chi connectivity index (χ4n) is 1.96. The van der Waals surface area contributed by atoms with Gasteiger partial charge in [0, 0.05) is 11.0 Å². The molecule has 0 heterocycles. The molecule has 0 aliphatic heterocycles. The zero-order valence-corrected chi connectivity index (χ0v) is 16.7. The summed E-state index contributed by atoms with van der Waals surface area (Å²) < 4.78 is 5.15. The minimum atomic E-state index is -0.422. The second-order valence-corrected chi connectivity index (χ2v) is 8.26. The summed E-state index contributed by atoms with van der Waals surface area (Å²) in [5.74, 6) is 0.0319. The molecular formula is C23H30O3. The Kier molecular flexibility index (Phi) is 7.76. The van der Waals surface area contributed by atoms with Crippen molar-refractivity contribution in [3.8, 4) is 0 Å². The molecule has 2 rings (SSSR count). The lowest BCUT2D eigenvalue weighted by atomic mass is 9.87. The van der Waals surface area contributed by atoms with Gasteiger partial charge in [-0.15, -0.1) is 0 Å². The van der Waals surface area contributed by atoms with E-state index in [1.54, 1.807) is 0 Å². The minimum Gasteiger partial charge on any atom is -0.460 e. The van der Waals surface area contributed by atoms with E-state index in [2.05, 4.69) is 0 Å². The lowest BCUT2D eigenvalue weighted by molar-refractivity contribution is -0.154. The van der Waals surface area contributed by atoms with Crippen molar-refractivity contribution in [2.24, 2.45) is 10.8 Å². The van der Waals surface area contributed by atoms with Crippen LogP contribution in [-0.4, -0.2) is 11.8 Å². The second-order valence-electron chi connectivity index (χ2n) is 8.26. The molecule has 26 heavy (non-hydrogen) atoms. The molecule has 3 heteroatoms. The van der Waals surface area contributed by atoms with Crippen LogP contribution in [0.3, 0.4) is 0 Å². The molecule has 140 valence electrons. The van der Waals surface area contributed by atoms with Gasteiger partial charge in [-0.05, 0) is 26.3 Å². The number of benzene rings is 2. The van der Waals surface area contributed by atoms with Gasteiger partial charge in [-0.3, -0.25) is 9.59 Å². The van der Waals surface area contributed by atoms with Crippen molar-refractivity contribution in [2.45, 2.75) is 48.1 Å². The van der Waals surface area contributed by atoms with Crippen LogP contribution in [0.2, 0.25) is 0 Å². The molecular weight excluding hydrogens is 324 g/mol. The van der Waals surface area contributed by atoms with Gasteiger partial charge in [0.1, 0.15) is 6.61 Å². The summed E-state index contributed by atoms with van der Waals surface area (Å²) >= 11 is 0. The third-order valence-electron chi connectivity index (χ3n) is 3.54. The first kappa shape index (κ1) is 21.6. The van der Waals surface area contributed by atoms with Gasteiger partial charge < -0.3 is 4.74 Å². The number of rotatable bonds is 3. The summed E-state index contributed by atoms with van der Waals surface area (Å²) in [7, 11) is 0. The van der Waals surface area contributed by atoms with Gasteiger partial charge >= 0.3 is 5.97 Å². The summed E-state index contributed by atoms with van der Waals surface area (Å²) in [6, 6.07) is 19.1. The van der Waals surface area contributed by atoms with Gasteiger partial charge in [0.25, 0.3) is 0 Å². The molecule has 0 saturated heterocycles. The lowest BCUT2D eigenvalue weighted by Crippen LogP contribution is -2.22. The maximum absolute atomic E-state index is 11.7. The Balaban J connectivity index is 0.000000263. The van der Waals surface area contributed by atoms with Crippen LogP contribution in [-0.2, 0) is 16.1 Å². The highest BCUT2D eigenvalue weighted by molar-refractivity contribution is 5.99. The number of esters is 1. The monoisotopic (exact) mass is 354 g/mol. The molecule has 0 aliphatic carbocycles. The molecule has 0 amide bonds. The molecule has 0 saturated carbocycles. The Hall–Kier alpha value is -2.42. The van der Waals surface area contributed by atoms with Crippen molar-refractivity contribution >= 4 is 11.8 Å². The molecule has 0 unspecified atom stereocenters. The lowest BCUT2D eigenvalue weighted by Gasteiger charge is -2.16. The zero-order valence-electron chi connectivity index (χ0n) is 16.7. The summed E-state index contributed by atoms with van der Waals surface area (Å²) in [6.45, 7) is 11.7. The van der Waals surface area contributed by atoms with E-state index in [4.69, 9.17) is 4.74 Å². The Morgan fingerprint density at radius 2 is 1.19 bits per heavy atom. The highest BCUT2D eigenvalue weighted by atomic mass is 16.5. The minimum absolute atomic E-state index is 0.165. The Morgan fingerprint density at radius 1 is 0.731 bits per heavy atom. The Bertz CT molecular complexity index is 690. The predicted octanol–water partition coefficient (Wildman–Crippen LogP) is 5.69. The van der Waals surface area contributed by atoms with E-state index in [0.717, 1.165) is 11.1 Å². The second kappa shape index (κ2) is 9.33. The van der Waals surface area contributed by atoms with E-state index in [1.165, 1.54) is 0 Å². The van der Waals surface area contributed by atoms with E-state index in [9.17, 15) is 9.59 Å². The van der Waals surface area contributed by atoms with Gasteiger partial charge in [-0.25, -0.2) is 0 Å². The first-order chi connectivity index (χ1) is 12.0. The Labute approximate surface area is 157 Å². The quantitative estimate of drug-likeness (QED) is 0.525. The smallest absolute Gasteiger partial charge is 0.311 e. The van der Waals surface area contributed by atoms with Crippen molar-refractivity contribution in [1.82, 2.24) is 0 Å². The van der Waals surface area contributed by atoms with Crippen molar-refractivity contribution in [1.29, 1.82) is 0 Å². The van der Waals surface area contributed by atoms with Crippen molar-refractivity contribution in [2.75, 3.05) is 0 Å². The standard InChI is InChI=1S/C12H16O2.C11H14O/c1-12(2,3)11(13)14-9-10-7-5-4-6-8-10;1-11(2,3)10(12)9-7-5-4-6-8-9/h4-8H,9H2,1-3H3;4-8H,1-3H3. The number of ether oxygens (including phenoxy) is 1. The molecule has 0 spiro atoms. The normalized spacial score (nSPS) is 11.2. The molecule has 3 nitrogen and oxygen atoms in total. The van der Waals surface area contributed by atoms with Gasteiger partial charge in [-0.2, -0.15) is 0 Å². The molecule has 0 fully saturated rings. The number of carbonyl (C=O) groups excluding carboxylic acids is 2. The van der Waals surface area contributed by atoms with Crippen LogP contribution in [0.1, 0.15) is 57.5 Å². The van der Waals surface area contributed by atoms with Crippen molar-refractivity contribution in [3.05, 3.63) is 71.8 Å². The zero-order chi connectivity index (χ0) is 19.8. The van der Waals surface area contributed by atoms with E-state index in [-0.39, 0.29) is 17.2 Å². The van der Waals surface area contributed by atoms with Gasteiger partial charge in [-0.1, -0.05) is 81.4 Å². The molecule has 0 bridgehead atoms. The average molecular weight is 354 g/mol. The molecule has 2 aromatic rings. The van der Waals surface area contributed by atoms with Gasteiger partial charge in [0.15, 0.2) is 5.78 Å². The summed E-state index contributed by atoms with van der Waals surface area (Å²) in [6.07, 6.45) is 0. The summed E-state index contributed by atoms with van der Waals surface area (Å²) in [5, 5.41) is 0. The van der Waals surface area contributed by atoms with E-state index >= 15 is 0 Å². The molecule has 0 aromatic heterocycles. The van der Waals surface area contributed by atoms with Crippen LogP contribution >= 0.6 is 0 Å². The number of hydrogen-bond acceptors (Lipinski definition) is 3. The molecule has 0 atom stereocenters. The molecule has 0 aliphatic rings. The third-order valence-corrected chi connectivity index (χ3v) is 3.54. The number of Topliss-reactive ketones (excluding diaryl/α,β-unsaturated/α-hetero) is 1. The first-order valence-corrected chi connectivity index (χ1v) is 8.83. The van der Waals surface area contributed by atoms with Crippen LogP contribution in [0.15, 0.2) is 60.7 Å². The SMILES string of the molecule is CC(C)(C)C(=O)OCc1ccccc1.CC(C)(C)C(=O)c1ccccc1. The van der Waals surface area contributed by atoms with E-state index in [1.807, 2.05) is 102 Å². The highest BCUT2D eigenvalue weighted by Gasteiger charge is 2.23. The fourth-order valence-corrected chi connectivity index (χ4v) is 1.96. The van der Waals surface area contributed by atoms with Crippen LogP contribution < -0.4 is 0 Å². The van der Waals surface area contributed by atoms with Gasteiger partial charge in [0.2, 0.25) is 0 Å². The van der Waals surface area contributed by atoms with Crippen LogP contribution in [0.25, 0.3) is 0 Å². The molecule has 0 radical (unpaired) electrons. The maximum atomic E-state index is 11.7. The number of ketones is 1. The number of carbonyl (C=O) groups is 2. The maximum Gasteiger partial charge on any atom is 0.311 e. The van der Waals surface area contributed by atoms with Gasteiger partial charge in [0.05, 0.1) is 5.41 Å². The van der Waals surface area contributed by atoms with E-state index < -0.39 is 5.41 Å². The highest BCUT2D eigenvalue weighted by Crippen LogP contribution is 2.20. The molecule has 0 N–H and O–H groups in total. The van der Waals surface area contributed by atoms with Crippen LogP contribution in [0.5, 0.6) is 0 Å². The predicted molar refractivity (Wildman–Crippen MR) is 106 cm³/mol. The summed E-state index contributed by atoms with van der Waals surface area (Å²) in [4.78, 5) is 23.1. The topological polar surface area (TPSA) is 43.4 Å². The number of hydrogen-bond donors (Lipinski definition) is 0. The average Bonchev–Trinajstić information content (AvgIpc) is 2.59. The molecule has 2 aromatic carbocycles. The fraction of sp³-hybridized carbons (Fsp3) is 0.391. The third kappa shape index (κ3) is 7.64.